The summed E-state index contributed by atoms with van der Waals surface area (Å²) in [7, 11) is 3.99. The number of allylic oxidation sites excluding steroid dienone is 1. The van der Waals surface area contributed by atoms with E-state index < -0.39 is 36.7 Å². The second-order valence-corrected chi connectivity index (χ2v) is 10.1. The van der Waals surface area contributed by atoms with Crippen molar-refractivity contribution in [3.8, 4) is 11.5 Å². The molecule has 218 valence electrons. The molecule has 0 aromatic heterocycles. The van der Waals surface area contributed by atoms with Crippen LogP contribution in [0.25, 0.3) is 11.1 Å². The average molecular weight is 564 g/mol. The Balaban J connectivity index is 1.70. The fourth-order valence-electron chi connectivity index (χ4n) is 4.75. The highest BCUT2D eigenvalue weighted by molar-refractivity contribution is 5.98. The maximum atomic E-state index is 11.5. The molecule has 0 bridgehead atoms. The molecule has 0 amide bonds. The summed E-state index contributed by atoms with van der Waals surface area (Å²) in [5.74, 6) is -0.411. The number of rotatable bonds is 11. The minimum absolute atomic E-state index is 0.295. The van der Waals surface area contributed by atoms with Gasteiger partial charge >= 0.3 is 5.97 Å². The third kappa shape index (κ3) is 7.32. The van der Waals surface area contributed by atoms with Crippen LogP contribution in [0.2, 0.25) is 0 Å². The Hall–Kier alpha value is -3.73. The Labute approximate surface area is 239 Å². The summed E-state index contributed by atoms with van der Waals surface area (Å²) in [4.78, 5) is 13.6. The zero-order chi connectivity index (χ0) is 29.5. The van der Waals surface area contributed by atoms with Gasteiger partial charge in [0.2, 0.25) is 6.29 Å². The fourth-order valence-corrected chi connectivity index (χ4v) is 4.75. The molecule has 3 aromatic rings. The van der Waals surface area contributed by atoms with Gasteiger partial charge in [0.15, 0.2) is 6.10 Å². The molecule has 0 saturated carbocycles. The normalized spacial score (nSPS) is 23.1. The Bertz CT molecular complexity index is 1330. The molecule has 9 nitrogen and oxygen atoms in total. The molecule has 4 N–H and O–H groups in total. The summed E-state index contributed by atoms with van der Waals surface area (Å²) in [6, 6.07) is 25.1. The van der Waals surface area contributed by atoms with Gasteiger partial charge in [0.1, 0.15) is 36.4 Å². The van der Waals surface area contributed by atoms with Crippen LogP contribution < -0.4 is 9.47 Å². The first kappa shape index (κ1) is 30.2. The van der Waals surface area contributed by atoms with E-state index in [4.69, 9.17) is 14.2 Å². The number of hydrogen-bond donors (Lipinski definition) is 4. The van der Waals surface area contributed by atoms with Crippen LogP contribution in [0.5, 0.6) is 11.5 Å². The number of hydrogen-bond acceptors (Lipinski definition) is 8. The second-order valence-electron chi connectivity index (χ2n) is 10.1. The number of aliphatic hydroxyl groups excluding tert-OH is 3. The number of likely N-dealkylation sites (N-methyl/N-ethyl adjacent to an activating group) is 1. The summed E-state index contributed by atoms with van der Waals surface area (Å²) in [6.45, 7) is 3.46. The van der Waals surface area contributed by atoms with E-state index in [1.807, 2.05) is 62.6 Å². The van der Waals surface area contributed by atoms with E-state index in [1.165, 1.54) is 0 Å². The standard InChI is InChI=1S/C32H37NO8/c1-4-25(20-9-6-5-7-10-20)26(21-13-15-23(16-14-21)39-18-17-33(2)3)22-11-8-12-24(19-22)40-32-29(36)27(34)28(35)30(41-32)31(37)38/h5-16,19,27-30,32,34-36H,4,17-18H2,1-3H3,(H,37,38). The molecule has 1 aliphatic rings. The smallest absolute Gasteiger partial charge is 0.335 e. The maximum Gasteiger partial charge on any atom is 0.335 e. The molecular weight excluding hydrogens is 526 g/mol. The summed E-state index contributed by atoms with van der Waals surface area (Å²) < 4.78 is 17.0. The molecule has 1 saturated heterocycles. The predicted molar refractivity (Wildman–Crippen MR) is 155 cm³/mol. The quantitative estimate of drug-likeness (QED) is 0.260. The van der Waals surface area contributed by atoms with E-state index in [0.717, 1.165) is 46.6 Å². The van der Waals surface area contributed by atoms with Crippen molar-refractivity contribution < 1.29 is 39.4 Å². The van der Waals surface area contributed by atoms with Crippen LogP contribution in [0.15, 0.2) is 78.9 Å². The van der Waals surface area contributed by atoms with Crippen molar-refractivity contribution in [1.29, 1.82) is 0 Å². The number of carbonyl (C=O) groups is 1. The number of nitrogens with zero attached hydrogens (tertiary/aromatic N) is 1. The lowest BCUT2D eigenvalue weighted by Crippen LogP contribution is -2.61. The first-order valence-electron chi connectivity index (χ1n) is 13.6. The third-order valence-corrected chi connectivity index (χ3v) is 6.92. The molecule has 4 rings (SSSR count). The zero-order valence-corrected chi connectivity index (χ0v) is 23.4. The molecule has 5 unspecified atom stereocenters. The van der Waals surface area contributed by atoms with Crippen molar-refractivity contribution in [3.63, 3.8) is 0 Å². The van der Waals surface area contributed by atoms with Crippen LogP contribution in [0.3, 0.4) is 0 Å². The highest BCUT2D eigenvalue weighted by Crippen LogP contribution is 2.36. The molecule has 9 heteroatoms. The van der Waals surface area contributed by atoms with Crippen LogP contribution in [0.1, 0.15) is 30.0 Å². The molecule has 1 fully saturated rings. The Morgan fingerprint density at radius 3 is 2.15 bits per heavy atom. The van der Waals surface area contributed by atoms with Gasteiger partial charge in [-0.15, -0.1) is 0 Å². The van der Waals surface area contributed by atoms with Gasteiger partial charge in [-0.3, -0.25) is 0 Å². The monoisotopic (exact) mass is 563 g/mol. The average Bonchev–Trinajstić information content (AvgIpc) is 2.97. The van der Waals surface area contributed by atoms with Gasteiger partial charge in [-0.2, -0.15) is 0 Å². The summed E-state index contributed by atoms with van der Waals surface area (Å²) >= 11 is 0. The SMILES string of the molecule is CCC(=C(c1ccc(OCCN(C)C)cc1)c1cccc(OC2OC(C(=O)O)C(O)C(O)C2O)c1)c1ccccc1. The Kier molecular flexibility index (Phi) is 10.1. The van der Waals surface area contributed by atoms with Gasteiger partial charge in [0, 0.05) is 6.54 Å². The Morgan fingerprint density at radius 2 is 1.51 bits per heavy atom. The lowest BCUT2D eigenvalue weighted by Gasteiger charge is -2.38. The first-order valence-corrected chi connectivity index (χ1v) is 13.6. The van der Waals surface area contributed by atoms with E-state index in [9.17, 15) is 25.2 Å². The fraction of sp³-hybridized carbons (Fsp3) is 0.344. The van der Waals surface area contributed by atoms with Crippen molar-refractivity contribution in [2.24, 2.45) is 0 Å². The van der Waals surface area contributed by atoms with Gasteiger partial charge in [0.05, 0.1) is 0 Å². The van der Waals surface area contributed by atoms with E-state index in [1.54, 1.807) is 18.2 Å². The van der Waals surface area contributed by atoms with Gasteiger partial charge in [-0.05, 0) is 72.6 Å². The minimum Gasteiger partial charge on any atom is -0.492 e. The van der Waals surface area contributed by atoms with Crippen molar-refractivity contribution >= 4 is 17.1 Å². The van der Waals surface area contributed by atoms with Crippen LogP contribution in [-0.2, 0) is 9.53 Å². The van der Waals surface area contributed by atoms with Gasteiger partial charge in [-0.25, -0.2) is 4.79 Å². The maximum absolute atomic E-state index is 11.5. The van der Waals surface area contributed by atoms with Gasteiger partial charge in [0.25, 0.3) is 0 Å². The van der Waals surface area contributed by atoms with Gasteiger partial charge in [-0.1, -0.05) is 61.5 Å². The van der Waals surface area contributed by atoms with Gasteiger partial charge < -0.3 is 39.5 Å². The lowest BCUT2D eigenvalue weighted by molar-refractivity contribution is -0.271. The minimum atomic E-state index is -1.80. The van der Waals surface area contributed by atoms with Crippen molar-refractivity contribution in [1.82, 2.24) is 4.90 Å². The molecule has 1 aliphatic heterocycles. The lowest BCUT2D eigenvalue weighted by atomic mass is 9.88. The predicted octanol–water partition coefficient (Wildman–Crippen LogP) is 3.27. The van der Waals surface area contributed by atoms with Crippen LogP contribution in [0, 0.1) is 0 Å². The van der Waals surface area contributed by atoms with E-state index in [2.05, 4.69) is 24.0 Å². The molecule has 0 radical (unpaired) electrons. The van der Waals surface area contributed by atoms with E-state index in [-0.39, 0.29) is 0 Å². The summed E-state index contributed by atoms with van der Waals surface area (Å²) in [6.07, 6.45) is -7.72. The number of aliphatic carboxylic acids is 1. The third-order valence-electron chi connectivity index (χ3n) is 6.92. The number of benzene rings is 3. The Morgan fingerprint density at radius 1 is 0.829 bits per heavy atom. The van der Waals surface area contributed by atoms with E-state index >= 15 is 0 Å². The van der Waals surface area contributed by atoms with Crippen LogP contribution in [-0.4, -0.2) is 89.2 Å². The largest absolute Gasteiger partial charge is 0.492 e. The molecule has 5 atom stereocenters. The van der Waals surface area contributed by atoms with E-state index in [0.29, 0.717) is 12.4 Å². The highest BCUT2D eigenvalue weighted by atomic mass is 16.7. The summed E-state index contributed by atoms with van der Waals surface area (Å²) in [5, 5.41) is 40.0. The molecule has 0 spiro atoms. The molecule has 0 aliphatic carbocycles. The molecular formula is C32H37NO8. The van der Waals surface area contributed by atoms with Crippen LogP contribution >= 0.6 is 0 Å². The number of aliphatic hydroxyl groups is 3. The first-order chi connectivity index (χ1) is 19.7. The second kappa shape index (κ2) is 13.8. The molecule has 3 aromatic carbocycles. The number of carboxylic acid groups (broad SMARTS) is 1. The highest BCUT2D eigenvalue weighted by Gasteiger charge is 2.48. The van der Waals surface area contributed by atoms with Crippen LogP contribution in [0.4, 0.5) is 0 Å². The summed E-state index contributed by atoms with van der Waals surface area (Å²) in [5.41, 5.74) is 4.91. The number of carboxylic acids is 1. The van der Waals surface area contributed by atoms with Crippen molar-refractivity contribution in [2.45, 2.75) is 44.1 Å². The van der Waals surface area contributed by atoms with Crippen molar-refractivity contribution in [3.05, 3.63) is 95.6 Å². The molecule has 41 heavy (non-hydrogen) atoms. The number of ether oxygens (including phenoxy) is 3. The topological polar surface area (TPSA) is 129 Å². The zero-order valence-electron chi connectivity index (χ0n) is 23.4. The van der Waals surface area contributed by atoms with Crippen molar-refractivity contribution in [2.75, 3.05) is 27.2 Å². The molecule has 1 heterocycles.